The molecule has 0 fully saturated rings. The van der Waals surface area contributed by atoms with Gasteiger partial charge in [-0.2, -0.15) is 0 Å². The lowest BCUT2D eigenvalue weighted by molar-refractivity contribution is 0.578. The summed E-state index contributed by atoms with van der Waals surface area (Å²) >= 11 is 3.77. The fourth-order valence-electron chi connectivity index (χ4n) is 1.57. The van der Waals surface area contributed by atoms with Crippen molar-refractivity contribution in [2.75, 3.05) is 6.54 Å². The maximum atomic E-state index is 11.7. The quantitative estimate of drug-likeness (QED) is 0.643. The number of thiophene rings is 1. The average Bonchev–Trinajstić information content (AvgIpc) is 2.76. The van der Waals surface area contributed by atoms with Crippen LogP contribution in [0.4, 0.5) is 0 Å². The number of hydrogen-bond donors (Lipinski definition) is 1. The molecule has 0 aliphatic carbocycles. The van der Waals surface area contributed by atoms with Crippen LogP contribution in [0.1, 0.15) is 10.4 Å². The van der Waals surface area contributed by atoms with Crippen molar-refractivity contribution >= 4 is 33.9 Å². The Balaban J connectivity index is 1.84. The number of hydrogen-bond acceptors (Lipinski definition) is 4. The summed E-state index contributed by atoms with van der Waals surface area (Å²) in [4.78, 5) is 17.1. The van der Waals surface area contributed by atoms with E-state index in [0.29, 0.717) is 10.1 Å². The van der Waals surface area contributed by atoms with Gasteiger partial charge in [-0.25, -0.2) is 4.98 Å². The van der Waals surface area contributed by atoms with Gasteiger partial charge in [0.25, 0.3) is 5.56 Å². The molecule has 0 saturated carbocycles. The Morgan fingerprint density at radius 3 is 3.11 bits per heavy atom. The van der Waals surface area contributed by atoms with E-state index in [1.165, 1.54) is 10.4 Å². The van der Waals surface area contributed by atoms with Gasteiger partial charge in [0.1, 0.15) is 0 Å². The summed E-state index contributed by atoms with van der Waals surface area (Å²) in [7, 11) is 0. The Bertz CT molecular complexity index is 579. The van der Waals surface area contributed by atoms with E-state index in [1.54, 1.807) is 28.4 Å². The zero-order valence-corrected chi connectivity index (χ0v) is 13.0. The lowest BCUT2D eigenvalue weighted by Crippen LogP contribution is -2.28. The highest BCUT2D eigenvalue weighted by atomic mass is 127. The van der Waals surface area contributed by atoms with Crippen molar-refractivity contribution in [1.82, 2.24) is 14.9 Å². The summed E-state index contributed by atoms with van der Waals surface area (Å²) in [5.41, 5.74) is 1.35. The van der Waals surface area contributed by atoms with Crippen molar-refractivity contribution in [1.29, 1.82) is 0 Å². The van der Waals surface area contributed by atoms with Gasteiger partial charge in [0.05, 0.1) is 9.90 Å². The summed E-state index contributed by atoms with van der Waals surface area (Å²) in [5.74, 6) is 0. The number of aryl methyl sites for hydroxylation is 1. The molecule has 96 valence electrons. The van der Waals surface area contributed by atoms with Crippen molar-refractivity contribution < 1.29 is 0 Å². The second-order valence-electron chi connectivity index (χ2n) is 3.94. The predicted octanol–water partition coefficient (Wildman–Crippen LogP) is 2.01. The van der Waals surface area contributed by atoms with Crippen LogP contribution in [-0.2, 0) is 13.1 Å². The first kappa shape index (κ1) is 13.7. The van der Waals surface area contributed by atoms with Crippen molar-refractivity contribution in [3.63, 3.8) is 0 Å². The van der Waals surface area contributed by atoms with E-state index in [4.69, 9.17) is 0 Å². The minimum absolute atomic E-state index is 0.0275. The Hall–Kier alpha value is -0.730. The number of aromatic nitrogens is 2. The normalized spacial score (nSPS) is 10.8. The fourth-order valence-corrected chi connectivity index (χ4v) is 2.92. The largest absolute Gasteiger partial charge is 0.310 e. The highest BCUT2D eigenvalue weighted by Gasteiger charge is 2.01. The Labute approximate surface area is 123 Å². The lowest BCUT2D eigenvalue weighted by Gasteiger charge is -2.06. The highest BCUT2D eigenvalue weighted by molar-refractivity contribution is 14.1. The zero-order chi connectivity index (χ0) is 13.0. The van der Waals surface area contributed by atoms with Gasteiger partial charge in [0, 0.05) is 30.7 Å². The molecule has 2 aromatic rings. The van der Waals surface area contributed by atoms with Crippen molar-refractivity contribution in [2.24, 2.45) is 0 Å². The van der Waals surface area contributed by atoms with Crippen LogP contribution in [0.15, 0.2) is 28.8 Å². The molecule has 0 aliphatic rings. The lowest BCUT2D eigenvalue weighted by atomic mass is 10.3. The van der Waals surface area contributed by atoms with Crippen LogP contribution in [0.2, 0.25) is 0 Å². The van der Waals surface area contributed by atoms with Crippen LogP contribution in [-0.4, -0.2) is 16.1 Å². The van der Waals surface area contributed by atoms with Crippen LogP contribution < -0.4 is 10.9 Å². The zero-order valence-electron chi connectivity index (χ0n) is 10.0. The monoisotopic (exact) mass is 375 g/mol. The number of nitrogens with one attached hydrogen (secondary N) is 1. The molecule has 4 nitrogen and oxygen atoms in total. The standard InChI is InChI=1S/C12H14IN3OS/c1-9-2-5-18-11(9)7-14-3-4-16-8-15-6-10(13)12(16)17/h2,5-6,8,14H,3-4,7H2,1H3. The van der Waals surface area contributed by atoms with Gasteiger partial charge in [-0.15, -0.1) is 11.3 Å². The van der Waals surface area contributed by atoms with Crippen molar-refractivity contribution in [2.45, 2.75) is 20.0 Å². The topological polar surface area (TPSA) is 46.9 Å². The molecular weight excluding hydrogens is 361 g/mol. The van der Waals surface area contributed by atoms with Gasteiger partial charge in [-0.05, 0) is 46.5 Å². The van der Waals surface area contributed by atoms with E-state index in [0.717, 1.165) is 13.1 Å². The van der Waals surface area contributed by atoms with E-state index < -0.39 is 0 Å². The molecule has 0 amide bonds. The second-order valence-corrected chi connectivity index (χ2v) is 6.11. The molecular formula is C12H14IN3OS. The molecule has 0 unspecified atom stereocenters. The van der Waals surface area contributed by atoms with Gasteiger partial charge in [0.15, 0.2) is 0 Å². The summed E-state index contributed by atoms with van der Waals surface area (Å²) < 4.78 is 2.29. The molecule has 18 heavy (non-hydrogen) atoms. The van der Waals surface area contributed by atoms with E-state index in [2.05, 4.69) is 28.7 Å². The predicted molar refractivity (Wildman–Crippen MR) is 82.0 cm³/mol. The minimum Gasteiger partial charge on any atom is -0.310 e. The minimum atomic E-state index is 0.0275. The van der Waals surface area contributed by atoms with Crippen LogP contribution in [0.5, 0.6) is 0 Å². The maximum Gasteiger partial charge on any atom is 0.266 e. The molecule has 2 rings (SSSR count). The van der Waals surface area contributed by atoms with Crippen LogP contribution in [0, 0.1) is 10.5 Å². The summed E-state index contributed by atoms with van der Waals surface area (Å²) in [6, 6.07) is 2.12. The van der Waals surface area contributed by atoms with E-state index >= 15 is 0 Å². The Kier molecular flexibility index (Phi) is 4.90. The molecule has 0 aliphatic heterocycles. The van der Waals surface area contributed by atoms with Crippen LogP contribution >= 0.6 is 33.9 Å². The van der Waals surface area contributed by atoms with Crippen LogP contribution in [0.25, 0.3) is 0 Å². The molecule has 0 aromatic carbocycles. The van der Waals surface area contributed by atoms with E-state index in [9.17, 15) is 4.79 Å². The third-order valence-electron chi connectivity index (χ3n) is 2.64. The molecule has 0 saturated heterocycles. The van der Waals surface area contributed by atoms with Gasteiger partial charge < -0.3 is 5.32 Å². The van der Waals surface area contributed by atoms with E-state index in [-0.39, 0.29) is 5.56 Å². The molecule has 1 N–H and O–H groups in total. The third-order valence-corrected chi connectivity index (χ3v) is 4.41. The highest BCUT2D eigenvalue weighted by Crippen LogP contribution is 2.14. The van der Waals surface area contributed by atoms with Crippen molar-refractivity contribution in [3.05, 3.63) is 48.3 Å². The fraction of sp³-hybridized carbons (Fsp3) is 0.333. The maximum absolute atomic E-state index is 11.7. The Morgan fingerprint density at radius 1 is 1.56 bits per heavy atom. The number of rotatable bonds is 5. The third kappa shape index (κ3) is 3.39. The second kappa shape index (κ2) is 6.44. The molecule has 0 spiro atoms. The molecule has 0 atom stereocenters. The first-order valence-corrected chi connectivity index (χ1v) is 7.58. The van der Waals surface area contributed by atoms with Gasteiger partial charge >= 0.3 is 0 Å². The molecule has 2 aromatic heterocycles. The first-order valence-electron chi connectivity index (χ1n) is 5.62. The molecule has 0 radical (unpaired) electrons. The smallest absolute Gasteiger partial charge is 0.266 e. The number of nitrogens with zero attached hydrogens (tertiary/aromatic N) is 2. The van der Waals surface area contributed by atoms with Gasteiger partial charge in [-0.1, -0.05) is 0 Å². The Morgan fingerprint density at radius 2 is 2.39 bits per heavy atom. The first-order chi connectivity index (χ1) is 8.68. The molecule has 0 bridgehead atoms. The van der Waals surface area contributed by atoms with Gasteiger partial charge in [-0.3, -0.25) is 9.36 Å². The van der Waals surface area contributed by atoms with E-state index in [1.807, 2.05) is 22.6 Å². The van der Waals surface area contributed by atoms with Crippen LogP contribution in [0.3, 0.4) is 0 Å². The molecule has 6 heteroatoms. The SMILES string of the molecule is Cc1ccsc1CNCCn1cncc(I)c1=O. The van der Waals surface area contributed by atoms with Gasteiger partial charge in [0.2, 0.25) is 0 Å². The number of halogens is 1. The van der Waals surface area contributed by atoms with Crippen molar-refractivity contribution in [3.8, 4) is 0 Å². The summed E-state index contributed by atoms with van der Waals surface area (Å²) in [5, 5.41) is 5.44. The average molecular weight is 375 g/mol. The summed E-state index contributed by atoms with van der Waals surface area (Å²) in [6.07, 6.45) is 3.17. The summed E-state index contributed by atoms with van der Waals surface area (Å²) in [6.45, 7) is 4.38. The molecule has 2 heterocycles.